The van der Waals surface area contributed by atoms with Gasteiger partial charge in [0.1, 0.15) is 6.29 Å². The molecule has 0 unspecified atom stereocenters. The van der Waals surface area contributed by atoms with Crippen molar-refractivity contribution in [1.82, 2.24) is 10.0 Å². The van der Waals surface area contributed by atoms with Crippen LogP contribution in [0.2, 0.25) is 0 Å². The van der Waals surface area contributed by atoms with Crippen molar-refractivity contribution in [3.05, 3.63) is 36.5 Å². The van der Waals surface area contributed by atoms with Gasteiger partial charge in [0.25, 0.3) is 0 Å². The van der Waals surface area contributed by atoms with E-state index in [2.05, 4.69) is 23.2 Å². The fourth-order valence-electron chi connectivity index (χ4n) is 1.23. The molecule has 17 heavy (non-hydrogen) atoms. The third kappa shape index (κ3) is 4.48. The Morgan fingerprint density at radius 3 is 2.65 bits per heavy atom. The number of aromatic nitrogens is 1. The van der Waals surface area contributed by atoms with Crippen LogP contribution in [0.25, 0.3) is 10.9 Å². The van der Waals surface area contributed by atoms with E-state index in [-0.39, 0.29) is 19.4 Å². The van der Waals surface area contributed by atoms with Crippen LogP contribution in [0.3, 0.4) is 0 Å². The molecule has 1 amide bonds. The van der Waals surface area contributed by atoms with E-state index in [4.69, 9.17) is 5.21 Å². The summed E-state index contributed by atoms with van der Waals surface area (Å²) in [5, 5.41) is 10.00. The van der Waals surface area contributed by atoms with Crippen molar-refractivity contribution in [3.63, 3.8) is 0 Å². The molecule has 1 heterocycles. The van der Waals surface area contributed by atoms with Gasteiger partial charge < -0.3 is 9.78 Å². The highest BCUT2D eigenvalue weighted by Gasteiger charge is 1.90. The Morgan fingerprint density at radius 1 is 1.24 bits per heavy atom. The van der Waals surface area contributed by atoms with Crippen LogP contribution < -0.4 is 0 Å². The second-order valence-electron chi connectivity index (χ2n) is 3.29. The average molecular weight is 234 g/mol. The van der Waals surface area contributed by atoms with Gasteiger partial charge in [0.05, 0.1) is 6.54 Å². The summed E-state index contributed by atoms with van der Waals surface area (Å²) in [7, 11) is 0. The molecule has 0 radical (unpaired) electrons. The minimum Gasteiger partial charge on any atom is -0.361 e. The summed E-state index contributed by atoms with van der Waals surface area (Å²) in [4.78, 5) is 22.3. The highest BCUT2D eigenvalue weighted by atomic mass is 16.5. The first kappa shape index (κ1) is 12.9. The summed E-state index contributed by atoms with van der Waals surface area (Å²) in [6.07, 6.45) is 3.01. The van der Waals surface area contributed by atoms with Crippen LogP contribution in [0.5, 0.6) is 0 Å². The first-order valence-electron chi connectivity index (χ1n) is 5.14. The van der Waals surface area contributed by atoms with Gasteiger partial charge in [-0.25, -0.2) is 5.06 Å². The molecule has 0 spiro atoms. The number of hydrogen-bond donors (Lipinski definition) is 2. The number of aldehydes is 1. The minimum atomic E-state index is 0.0764. The molecule has 2 N–H and O–H groups in total. The van der Waals surface area contributed by atoms with Crippen molar-refractivity contribution in [2.45, 2.75) is 6.42 Å². The summed E-state index contributed by atoms with van der Waals surface area (Å²) >= 11 is 0. The third-order valence-electron chi connectivity index (χ3n) is 2.06. The van der Waals surface area contributed by atoms with Crippen molar-refractivity contribution in [1.29, 1.82) is 0 Å². The normalized spacial score (nSPS) is 9.24. The minimum absolute atomic E-state index is 0.0764. The number of nitrogens with zero attached hydrogens (tertiary/aromatic N) is 1. The molecule has 1 aromatic heterocycles. The fraction of sp³-hybridized carbons (Fsp3) is 0.167. The van der Waals surface area contributed by atoms with Crippen LogP contribution in [0, 0.1) is 0 Å². The predicted molar refractivity (Wildman–Crippen MR) is 63.5 cm³/mol. The van der Waals surface area contributed by atoms with Crippen molar-refractivity contribution in [2.75, 3.05) is 6.54 Å². The lowest BCUT2D eigenvalue weighted by atomic mass is 10.3. The largest absolute Gasteiger partial charge is 0.361 e. The van der Waals surface area contributed by atoms with E-state index in [1.54, 1.807) is 0 Å². The van der Waals surface area contributed by atoms with Gasteiger partial charge in [-0.3, -0.25) is 10.0 Å². The topological polar surface area (TPSA) is 73.4 Å². The van der Waals surface area contributed by atoms with Gasteiger partial charge in [-0.05, 0) is 17.5 Å². The van der Waals surface area contributed by atoms with E-state index < -0.39 is 0 Å². The van der Waals surface area contributed by atoms with E-state index in [0.29, 0.717) is 11.3 Å². The highest BCUT2D eigenvalue weighted by Crippen LogP contribution is 2.09. The fourth-order valence-corrected chi connectivity index (χ4v) is 1.23. The summed E-state index contributed by atoms with van der Waals surface area (Å²) < 4.78 is 0. The molecule has 5 heteroatoms. The number of hydroxylamine groups is 2. The van der Waals surface area contributed by atoms with Gasteiger partial charge in [-0.1, -0.05) is 18.2 Å². The number of hydrogen-bond acceptors (Lipinski definition) is 3. The van der Waals surface area contributed by atoms with E-state index in [9.17, 15) is 9.59 Å². The maximum Gasteiger partial charge on any atom is 0.233 e. The number of carbonyl (C=O) groups excluding carboxylic acids is 2. The molecule has 0 aliphatic rings. The Morgan fingerprint density at radius 2 is 2.00 bits per heavy atom. The van der Waals surface area contributed by atoms with Crippen LogP contribution in [-0.2, 0) is 9.59 Å². The van der Waals surface area contributed by atoms with Gasteiger partial charge in [-0.15, -0.1) is 0 Å². The maximum absolute atomic E-state index is 9.57. The zero-order valence-corrected chi connectivity index (χ0v) is 9.24. The van der Waals surface area contributed by atoms with Crippen molar-refractivity contribution in [3.8, 4) is 0 Å². The van der Waals surface area contributed by atoms with Gasteiger partial charge in [0.2, 0.25) is 6.41 Å². The quantitative estimate of drug-likeness (QED) is 0.479. The van der Waals surface area contributed by atoms with Crippen LogP contribution in [0.1, 0.15) is 6.42 Å². The highest BCUT2D eigenvalue weighted by molar-refractivity contribution is 5.78. The van der Waals surface area contributed by atoms with Crippen molar-refractivity contribution >= 4 is 23.6 Å². The summed E-state index contributed by atoms with van der Waals surface area (Å²) in [5.41, 5.74) is 1.21. The van der Waals surface area contributed by atoms with Crippen LogP contribution in [0.15, 0.2) is 36.5 Å². The Labute approximate surface area is 98.6 Å². The van der Waals surface area contributed by atoms with E-state index in [1.807, 2.05) is 18.3 Å². The van der Waals surface area contributed by atoms with E-state index >= 15 is 0 Å². The first-order valence-corrected chi connectivity index (χ1v) is 5.14. The SMILES string of the molecule is O=CCCN(O)C=O.c1ccc2[nH]ccc2c1. The molecule has 0 aliphatic carbocycles. The lowest BCUT2D eigenvalue weighted by Crippen LogP contribution is -2.17. The Bertz CT molecular complexity index is 437. The Hall–Kier alpha value is -2.14. The van der Waals surface area contributed by atoms with E-state index in [0.717, 1.165) is 0 Å². The molecule has 0 atom stereocenters. The molecule has 0 fully saturated rings. The average Bonchev–Trinajstić information content (AvgIpc) is 2.85. The number of para-hydroxylation sites is 1. The molecule has 0 bridgehead atoms. The number of amides is 1. The Kier molecular flexibility index (Phi) is 5.46. The second-order valence-corrected chi connectivity index (χ2v) is 3.29. The van der Waals surface area contributed by atoms with Crippen molar-refractivity contribution < 1.29 is 14.8 Å². The summed E-state index contributed by atoms with van der Waals surface area (Å²) in [6.45, 7) is 0.0764. The summed E-state index contributed by atoms with van der Waals surface area (Å²) in [5.74, 6) is 0. The molecule has 2 aromatic rings. The number of fused-ring (bicyclic) bond motifs is 1. The lowest BCUT2D eigenvalue weighted by Gasteiger charge is -2.02. The standard InChI is InChI=1S/C8H7N.C4H7NO3/c1-2-4-8-7(3-1)5-6-9-8;6-3-1-2-5(8)4-7/h1-6,9H;3-4,8H,1-2H2. The zero-order valence-electron chi connectivity index (χ0n) is 9.24. The number of benzene rings is 1. The number of nitrogens with one attached hydrogen (secondary N) is 1. The number of H-pyrrole nitrogens is 1. The molecule has 0 saturated heterocycles. The monoisotopic (exact) mass is 234 g/mol. The molecule has 5 nitrogen and oxygen atoms in total. The van der Waals surface area contributed by atoms with Gasteiger partial charge in [0, 0.05) is 18.1 Å². The third-order valence-corrected chi connectivity index (χ3v) is 2.06. The molecule has 2 rings (SSSR count). The second kappa shape index (κ2) is 7.19. The van der Waals surface area contributed by atoms with Gasteiger partial charge >= 0.3 is 0 Å². The number of carbonyl (C=O) groups is 2. The summed E-state index contributed by atoms with van der Waals surface area (Å²) in [6, 6.07) is 10.3. The van der Waals surface area contributed by atoms with E-state index in [1.165, 1.54) is 10.9 Å². The van der Waals surface area contributed by atoms with Gasteiger partial charge in [0.15, 0.2) is 0 Å². The molecule has 1 aromatic carbocycles. The number of rotatable bonds is 4. The molecule has 90 valence electrons. The molecule has 0 saturated carbocycles. The van der Waals surface area contributed by atoms with Gasteiger partial charge in [-0.2, -0.15) is 0 Å². The van der Waals surface area contributed by atoms with Crippen LogP contribution >= 0.6 is 0 Å². The first-order chi connectivity index (χ1) is 8.27. The molecule has 0 aliphatic heterocycles. The number of aromatic amines is 1. The Balaban J connectivity index is 0.000000172. The molecular formula is C12H14N2O3. The zero-order chi connectivity index (χ0) is 12.5. The van der Waals surface area contributed by atoms with Crippen LogP contribution in [0.4, 0.5) is 0 Å². The van der Waals surface area contributed by atoms with Crippen LogP contribution in [-0.4, -0.2) is 34.5 Å². The molecular weight excluding hydrogens is 220 g/mol. The predicted octanol–water partition coefficient (Wildman–Crippen LogP) is 1.59. The van der Waals surface area contributed by atoms with Crippen molar-refractivity contribution in [2.24, 2.45) is 0 Å². The maximum atomic E-state index is 9.57. The smallest absolute Gasteiger partial charge is 0.233 e. The lowest BCUT2D eigenvalue weighted by molar-refractivity contribution is -0.150.